The fourth-order valence-corrected chi connectivity index (χ4v) is 2.96. The van der Waals surface area contributed by atoms with E-state index in [1.807, 2.05) is 19.1 Å². The third-order valence-electron chi connectivity index (χ3n) is 4.69. The standard InChI is InChI=1S/C19H28N2O3/c1-13(2)16-6-5-14(3)17(11-16)24-12-18(22)21-9-7-15(8-10-21)19(23)20-4/h5-6,11,13,15H,7-10,12H2,1-4H3,(H,20,23). The second-order valence-electron chi connectivity index (χ2n) is 6.74. The van der Waals surface area contributed by atoms with Gasteiger partial charge in [0, 0.05) is 26.1 Å². The quantitative estimate of drug-likeness (QED) is 0.901. The number of likely N-dealkylation sites (tertiary alicyclic amines) is 1. The molecule has 1 heterocycles. The lowest BCUT2D eigenvalue weighted by Crippen LogP contribution is -2.44. The molecule has 0 aromatic heterocycles. The first kappa shape index (κ1) is 18.3. The third-order valence-corrected chi connectivity index (χ3v) is 4.69. The zero-order valence-corrected chi connectivity index (χ0v) is 15.1. The third kappa shape index (κ3) is 4.49. The summed E-state index contributed by atoms with van der Waals surface area (Å²) in [7, 11) is 1.65. The predicted molar refractivity (Wildman–Crippen MR) is 94.1 cm³/mol. The van der Waals surface area contributed by atoms with Gasteiger partial charge in [-0.3, -0.25) is 9.59 Å². The summed E-state index contributed by atoms with van der Waals surface area (Å²) in [4.78, 5) is 25.8. The first-order chi connectivity index (χ1) is 11.4. The molecule has 24 heavy (non-hydrogen) atoms. The summed E-state index contributed by atoms with van der Waals surface area (Å²) in [6.07, 6.45) is 1.43. The van der Waals surface area contributed by atoms with Gasteiger partial charge in [0.15, 0.2) is 6.61 Å². The van der Waals surface area contributed by atoms with Crippen molar-refractivity contribution in [2.45, 2.75) is 39.5 Å². The molecular weight excluding hydrogens is 304 g/mol. The molecule has 0 aliphatic carbocycles. The van der Waals surface area contributed by atoms with Crippen molar-refractivity contribution in [2.75, 3.05) is 26.7 Å². The fourth-order valence-electron chi connectivity index (χ4n) is 2.96. The van der Waals surface area contributed by atoms with Crippen LogP contribution in [0.15, 0.2) is 18.2 Å². The van der Waals surface area contributed by atoms with Crippen LogP contribution in [0, 0.1) is 12.8 Å². The van der Waals surface area contributed by atoms with Gasteiger partial charge in [0.05, 0.1) is 0 Å². The molecule has 1 N–H and O–H groups in total. The topological polar surface area (TPSA) is 58.6 Å². The summed E-state index contributed by atoms with van der Waals surface area (Å²) < 4.78 is 5.77. The Morgan fingerprint density at radius 3 is 2.54 bits per heavy atom. The maximum absolute atomic E-state index is 12.3. The average Bonchev–Trinajstić information content (AvgIpc) is 2.60. The summed E-state index contributed by atoms with van der Waals surface area (Å²) in [5.74, 6) is 1.27. The van der Waals surface area contributed by atoms with E-state index in [9.17, 15) is 9.59 Å². The number of nitrogens with one attached hydrogen (secondary N) is 1. The number of aryl methyl sites for hydroxylation is 1. The summed E-state index contributed by atoms with van der Waals surface area (Å²) in [6.45, 7) is 7.54. The zero-order chi connectivity index (χ0) is 17.7. The van der Waals surface area contributed by atoms with Crippen molar-refractivity contribution in [1.82, 2.24) is 10.2 Å². The Bertz CT molecular complexity index is 590. The normalized spacial score (nSPS) is 15.5. The number of benzene rings is 1. The van der Waals surface area contributed by atoms with Crippen LogP contribution in [-0.4, -0.2) is 43.5 Å². The van der Waals surface area contributed by atoms with Crippen LogP contribution in [-0.2, 0) is 9.59 Å². The van der Waals surface area contributed by atoms with E-state index in [1.54, 1.807) is 11.9 Å². The Labute approximate surface area is 144 Å². The molecule has 2 amide bonds. The zero-order valence-electron chi connectivity index (χ0n) is 15.1. The van der Waals surface area contributed by atoms with Gasteiger partial charge in [-0.25, -0.2) is 0 Å². The number of hydrogen-bond donors (Lipinski definition) is 1. The summed E-state index contributed by atoms with van der Waals surface area (Å²) in [5, 5.41) is 2.68. The molecule has 1 aliphatic heterocycles. The average molecular weight is 332 g/mol. The molecule has 1 saturated heterocycles. The van der Waals surface area contributed by atoms with E-state index in [0.717, 1.165) is 11.3 Å². The largest absolute Gasteiger partial charge is 0.483 e. The first-order valence-electron chi connectivity index (χ1n) is 8.65. The van der Waals surface area contributed by atoms with Gasteiger partial charge in [-0.1, -0.05) is 26.0 Å². The van der Waals surface area contributed by atoms with Crippen LogP contribution in [0.25, 0.3) is 0 Å². The van der Waals surface area contributed by atoms with Crippen molar-refractivity contribution in [1.29, 1.82) is 0 Å². The molecule has 1 aromatic carbocycles. The SMILES string of the molecule is CNC(=O)C1CCN(C(=O)COc2cc(C(C)C)ccc2C)CC1. The Hall–Kier alpha value is -2.04. The minimum atomic E-state index is -0.0142. The monoisotopic (exact) mass is 332 g/mol. The van der Waals surface area contributed by atoms with Gasteiger partial charge < -0.3 is 15.0 Å². The number of carbonyl (C=O) groups excluding carboxylic acids is 2. The second kappa shape index (κ2) is 8.18. The molecule has 0 saturated carbocycles. The Balaban J connectivity index is 1.88. The highest BCUT2D eigenvalue weighted by molar-refractivity contribution is 5.80. The van der Waals surface area contributed by atoms with Gasteiger partial charge in [0.1, 0.15) is 5.75 Å². The highest BCUT2D eigenvalue weighted by Crippen LogP contribution is 2.24. The van der Waals surface area contributed by atoms with E-state index in [0.29, 0.717) is 31.8 Å². The van der Waals surface area contributed by atoms with Crippen molar-refractivity contribution in [3.8, 4) is 5.75 Å². The van der Waals surface area contributed by atoms with E-state index in [1.165, 1.54) is 5.56 Å². The maximum Gasteiger partial charge on any atom is 0.260 e. The lowest BCUT2D eigenvalue weighted by atomic mass is 9.96. The first-order valence-corrected chi connectivity index (χ1v) is 8.65. The van der Waals surface area contributed by atoms with E-state index in [2.05, 4.69) is 25.2 Å². The number of piperidine rings is 1. The number of nitrogens with zero attached hydrogens (tertiary/aromatic N) is 1. The Morgan fingerprint density at radius 1 is 1.29 bits per heavy atom. The highest BCUT2D eigenvalue weighted by Gasteiger charge is 2.26. The Morgan fingerprint density at radius 2 is 1.96 bits per heavy atom. The van der Waals surface area contributed by atoms with Crippen LogP contribution < -0.4 is 10.1 Å². The molecular formula is C19H28N2O3. The van der Waals surface area contributed by atoms with E-state index in [4.69, 9.17) is 4.74 Å². The number of rotatable bonds is 5. The van der Waals surface area contributed by atoms with Crippen molar-refractivity contribution >= 4 is 11.8 Å². The lowest BCUT2D eigenvalue weighted by molar-refractivity contribution is -0.137. The van der Waals surface area contributed by atoms with Gasteiger partial charge in [0.2, 0.25) is 5.91 Å². The fraction of sp³-hybridized carbons (Fsp3) is 0.579. The number of hydrogen-bond acceptors (Lipinski definition) is 3. The molecule has 0 spiro atoms. The van der Waals surface area contributed by atoms with Crippen LogP contribution in [0.3, 0.4) is 0 Å². The minimum absolute atomic E-state index is 0.0142. The van der Waals surface area contributed by atoms with Crippen molar-refractivity contribution in [2.24, 2.45) is 5.92 Å². The lowest BCUT2D eigenvalue weighted by Gasteiger charge is -2.31. The molecule has 0 unspecified atom stereocenters. The molecule has 5 nitrogen and oxygen atoms in total. The smallest absolute Gasteiger partial charge is 0.260 e. The highest BCUT2D eigenvalue weighted by atomic mass is 16.5. The maximum atomic E-state index is 12.3. The van der Waals surface area contributed by atoms with Crippen LogP contribution in [0.4, 0.5) is 0 Å². The molecule has 5 heteroatoms. The summed E-state index contributed by atoms with van der Waals surface area (Å²) in [6, 6.07) is 6.15. The number of amides is 2. The molecule has 1 fully saturated rings. The summed E-state index contributed by atoms with van der Waals surface area (Å²) in [5.41, 5.74) is 2.24. The van der Waals surface area contributed by atoms with Crippen molar-refractivity contribution in [3.05, 3.63) is 29.3 Å². The minimum Gasteiger partial charge on any atom is -0.483 e. The Kier molecular flexibility index (Phi) is 6.23. The van der Waals surface area contributed by atoms with Gasteiger partial charge in [0.25, 0.3) is 5.91 Å². The van der Waals surface area contributed by atoms with Gasteiger partial charge in [-0.15, -0.1) is 0 Å². The molecule has 1 aliphatic rings. The number of carbonyl (C=O) groups is 2. The molecule has 1 aromatic rings. The van der Waals surface area contributed by atoms with Crippen molar-refractivity contribution < 1.29 is 14.3 Å². The predicted octanol–water partition coefficient (Wildman–Crippen LogP) is 2.48. The molecule has 2 rings (SSSR count). The molecule has 132 valence electrons. The van der Waals surface area contributed by atoms with E-state index < -0.39 is 0 Å². The summed E-state index contributed by atoms with van der Waals surface area (Å²) >= 11 is 0. The molecule has 0 atom stereocenters. The second-order valence-corrected chi connectivity index (χ2v) is 6.74. The van der Waals surface area contributed by atoms with Crippen molar-refractivity contribution in [3.63, 3.8) is 0 Å². The van der Waals surface area contributed by atoms with E-state index in [-0.39, 0.29) is 24.3 Å². The van der Waals surface area contributed by atoms with Crippen LogP contribution in [0.2, 0.25) is 0 Å². The van der Waals surface area contributed by atoms with Gasteiger partial charge in [-0.2, -0.15) is 0 Å². The van der Waals surface area contributed by atoms with E-state index >= 15 is 0 Å². The van der Waals surface area contributed by atoms with Gasteiger partial charge in [-0.05, 0) is 42.9 Å². The van der Waals surface area contributed by atoms with Gasteiger partial charge >= 0.3 is 0 Å². The molecule has 0 bridgehead atoms. The number of ether oxygens (including phenoxy) is 1. The van der Waals surface area contributed by atoms with Crippen LogP contribution in [0.1, 0.15) is 43.7 Å². The molecule has 0 radical (unpaired) electrons. The van der Waals surface area contributed by atoms with Crippen LogP contribution in [0.5, 0.6) is 5.75 Å². The van der Waals surface area contributed by atoms with Crippen LogP contribution >= 0.6 is 0 Å².